The Morgan fingerprint density at radius 2 is 2.25 bits per heavy atom. The Bertz CT molecular complexity index is 457. The maximum atomic E-state index is 11.6. The summed E-state index contributed by atoms with van der Waals surface area (Å²) in [6.45, 7) is 3.79. The highest BCUT2D eigenvalue weighted by atomic mass is 32.1. The molecule has 0 aliphatic carbocycles. The van der Waals surface area contributed by atoms with Crippen molar-refractivity contribution in [3.05, 3.63) is 16.1 Å². The van der Waals surface area contributed by atoms with Crippen molar-refractivity contribution in [1.29, 1.82) is 0 Å². The lowest BCUT2D eigenvalue weighted by Gasteiger charge is -2.40. The van der Waals surface area contributed by atoms with Crippen LogP contribution in [0, 0.1) is 6.92 Å². The van der Waals surface area contributed by atoms with Gasteiger partial charge in [-0.15, -0.1) is 11.3 Å². The Balaban J connectivity index is 2.42. The van der Waals surface area contributed by atoms with E-state index >= 15 is 0 Å². The third kappa shape index (κ3) is 1.59. The van der Waals surface area contributed by atoms with E-state index in [0.717, 1.165) is 9.88 Å². The molecule has 1 fully saturated rings. The minimum atomic E-state index is -0.578. The number of imide groups is 1. The van der Waals surface area contributed by atoms with Crippen molar-refractivity contribution in [2.75, 3.05) is 7.05 Å². The van der Waals surface area contributed by atoms with Crippen LogP contribution in [0.25, 0.3) is 0 Å². The monoisotopic (exact) mass is 239 g/mol. The third-order valence-electron chi connectivity index (χ3n) is 2.95. The maximum absolute atomic E-state index is 11.6. The fourth-order valence-electron chi connectivity index (χ4n) is 1.77. The van der Waals surface area contributed by atoms with Crippen molar-refractivity contribution >= 4 is 23.3 Å². The van der Waals surface area contributed by atoms with Gasteiger partial charge in [0.1, 0.15) is 0 Å². The largest absolute Gasteiger partial charge is 0.324 e. The minimum absolute atomic E-state index is 0.239. The maximum Gasteiger partial charge on any atom is 0.324 e. The van der Waals surface area contributed by atoms with Gasteiger partial charge in [-0.1, -0.05) is 0 Å². The predicted molar refractivity (Wildman–Crippen MR) is 60.1 cm³/mol. The van der Waals surface area contributed by atoms with Crippen LogP contribution in [-0.4, -0.2) is 28.9 Å². The first-order valence-corrected chi connectivity index (χ1v) is 5.76. The summed E-state index contributed by atoms with van der Waals surface area (Å²) in [5.41, 5.74) is -0.578. The number of amides is 3. The standard InChI is InChI=1S/C10H13N3O2S/c1-6-11-5-7(16-6)10(2)4-8(14)12-9(15)13(10)3/h5H,4H2,1-3H3,(H,12,14,15). The van der Waals surface area contributed by atoms with Crippen molar-refractivity contribution in [2.24, 2.45) is 0 Å². The number of carbonyl (C=O) groups excluding carboxylic acids is 2. The lowest BCUT2D eigenvalue weighted by molar-refractivity contribution is -0.124. The summed E-state index contributed by atoms with van der Waals surface area (Å²) in [4.78, 5) is 29.7. The molecule has 1 atom stereocenters. The third-order valence-corrected chi connectivity index (χ3v) is 4.11. The van der Waals surface area contributed by atoms with Gasteiger partial charge in [0.25, 0.3) is 0 Å². The molecule has 6 heteroatoms. The molecule has 1 aromatic rings. The van der Waals surface area contributed by atoms with Crippen molar-refractivity contribution in [3.8, 4) is 0 Å². The van der Waals surface area contributed by atoms with Crippen LogP contribution in [-0.2, 0) is 10.3 Å². The highest BCUT2D eigenvalue weighted by Gasteiger charge is 2.42. The minimum Gasteiger partial charge on any atom is -0.317 e. The molecule has 0 radical (unpaired) electrons. The molecule has 3 amide bonds. The molecule has 0 aromatic carbocycles. The zero-order valence-corrected chi connectivity index (χ0v) is 10.2. The average molecular weight is 239 g/mol. The number of rotatable bonds is 1. The summed E-state index contributed by atoms with van der Waals surface area (Å²) in [5, 5.41) is 3.23. The normalized spacial score (nSPS) is 25.8. The number of carbonyl (C=O) groups is 2. The predicted octanol–water partition coefficient (Wildman–Crippen LogP) is 1.24. The number of aryl methyl sites for hydroxylation is 1. The number of thiazole rings is 1. The topological polar surface area (TPSA) is 62.3 Å². The van der Waals surface area contributed by atoms with Gasteiger partial charge in [0, 0.05) is 13.2 Å². The van der Waals surface area contributed by atoms with Crippen LogP contribution in [0.5, 0.6) is 0 Å². The molecular formula is C10H13N3O2S. The van der Waals surface area contributed by atoms with Crippen molar-refractivity contribution in [2.45, 2.75) is 25.8 Å². The van der Waals surface area contributed by atoms with E-state index < -0.39 is 5.54 Å². The number of urea groups is 1. The van der Waals surface area contributed by atoms with Crippen LogP contribution >= 0.6 is 11.3 Å². The zero-order valence-electron chi connectivity index (χ0n) is 9.40. The van der Waals surface area contributed by atoms with Gasteiger partial charge >= 0.3 is 6.03 Å². The molecule has 0 spiro atoms. The Morgan fingerprint density at radius 3 is 2.81 bits per heavy atom. The van der Waals surface area contributed by atoms with Gasteiger partial charge in [-0.25, -0.2) is 9.78 Å². The molecule has 0 bridgehead atoms. The molecule has 86 valence electrons. The van der Waals surface area contributed by atoms with E-state index in [0.29, 0.717) is 0 Å². The highest BCUT2D eigenvalue weighted by molar-refractivity contribution is 7.11. The summed E-state index contributed by atoms with van der Waals surface area (Å²) in [6.07, 6.45) is 2.01. The van der Waals surface area contributed by atoms with E-state index in [2.05, 4.69) is 10.3 Å². The molecule has 1 aromatic heterocycles. The van der Waals surface area contributed by atoms with E-state index in [-0.39, 0.29) is 18.4 Å². The molecule has 2 heterocycles. The van der Waals surface area contributed by atoms with Crippen molar-refractivity contribution in [3.63, 3.8) is 0 Å². The first kappa shape index (κ1) is 11.1. The first-order valence-electron chi connectivity index (χ1n) is 4.94. The quantitative estimate of drug-likeness (QED) is 0.802. The fourth-order valence-corrected chi connectivity index (χ4v) is 2.72. The Morgan fingerprint density at radius 1 is 1.56 bits per heavy atom. The second-order valence-corrected chi connectivity index (χ2v) is 5.34. The van der Waals surface area contributed by atoms with E-state index in [1.54, 1.807) is 18.1 Å². The molecule has 5 nitrogen and oxygen atoms in total. The van der Waals surface area contributed by atoms with Crippen molar-refractivity contribution in [1.82, 2.24) is 15.2 Å². The average Bonchev–Trinajstić information content (AvgIpc) is 2.61. The van der Waals surface area contributed by atoms with E-state index in [1.165, 1.54) is 11.3 Å². The second-order valence-electron chi connectivity index (χ2n) is 4.11. The number of hydrogen-bond acceptors (Lipinski definition) is 4. The number of nitrogens with one attached hydrogen (secondary N) is 1. The van der Waals surface area contributed by atoms with Crippen LogP contribution in [0.4, 0.5) is 4.79 Å². The van der Waals surface area contributed by atoms with E-state index in [4.69, 9.17) is 0 Å². The lowest BCUT2D eigenvalue weighted by Crippen LogP contribution is -2.57. The molecule has 16 heavy (non-hydrogen) atoms. The van der Waals surface area contributed by atoms with Gasteiger partial charge in [0.2, 0.25) is 5.91 Å². The van der Waals surface area contributed by atoms with Crippen molar-refractivity contribution < 1.29 is 9.59 Å². The van der Waals surface area contributed by atoms with Crippen LogP contribution < -0.4 is 5.32 Å². The molecule has 1 saturated heterocycles. The van der Waals surface area contributed by atoms with Crippen LogP contribution in [0.15, 0.2) is 6.20 Å². The lowest BCUT2D eigenvalue weighted by atomic mass is 9.92. The summed E-state index contributed by atoms with van der Waals surface area (Å²) >= 11 is 1.52. The van der Waals surface area contributed by atoms with Gasteiger partial charge < -0.3 is 4.90 Å². The Hall–Kier alpha value is -1.43. The van der Waals surface area contributed by atoms with Gasteiger partial charge in [-0.3, -0.25) is 10.1 Å². The molecule has 1 unspecified atom stereocenters. The first-order chi connectivity index (χ1) is 7.43. The molecule has 1 aliphatic rings. The van der Waals surface area contributed by atoms with E-state index in [9.17, 15) is 9.59 Å². The summed E-state index contributed by atoms with van der Waals surface area (Å²) in [6, 6.07) is -0.357. The molecule has 1 N–H and O–H groups in total. The molecule has 1 aliphatic heterocycles. The van der Waals surface area contributed by atoms with Crippen LogP contribution in [0.3, 0.4) is 0 Å². The molecule has 2 rings (SSSR count). The Labute approximate surface area is 97.5 Å². The Kier molecular flexibility index (Phi) is 2.46. The summed E-state index contributed by atoms with van der Waals surface area (Å²) in [7, 11) is 1.69. The summed E-state index contributed by atoms with van der Waals surface area (Å²) < 4.78 is 0. The SMILES string of the molecule is Cc1ncc(C2(C)CC(=O)NC(=O)N2C)s1. The smallest absolute Gasteiger partial charge is 0.317 e. The van der Waals surface area contributed by atoms with Gasteiger partial charge in [-0.2, -0.15) is 0 Å². The van der Waals surface area contributed by atoms with E-state index in [1.807, 2.05) is 13.8 Å². The molecular weight excluding hydrogens is 226 g/mol. The van der Waals surface area contributed by atoms with Crippen LogP contribution in [0.1, 0.15) is 23.2 Å². The second kappa shape index (κ2) is 3.55. The van der Waals surface area contributed by atoms with Gasteiger partial charge in [0.15, 0.2) is 0 Å². The number of hydrogen-bond donors (Lipinski definition) is 1. The van der Waals surface area contributed by atoms with Crippen LogP contribution in [0.2, 0.25) is 0 Å². The number of aromatic nitrogens is 1. The van der Waals surface area contributed by atoms with Gasteiger partial charge in [0.05, 0.1) is 21.8 Å². The molecule has 0 saturated carbocycles. The summed E-state index contributed by atoms with van der Waals surface area (Å²) in [5.74, 6) is -0.239. The number of nitrogens with zero attached hydrogens (tertiary/aromatic N) is 2. The fraction of sp³-hybridized carbons (Fsp3) is 0.500. The van der Waals surface area contributed by atoms with Gasteiger partial charge in [-0.05, 0) is 13.8 Å². The zero-order chi connectivity index (χ0) is 11.9. The highest BCUT2D eigenvalue weighted by Crippen LogP contribution is 2.36.